The van der Waals surface area contributed by atoms with Crippen LogP contribution in [0.15, 0.2) is 30.5 Å². The van der Waals surface area contributed by atoms with E-state index in [1.807, 2.05) is 11.1 Å². The number of nitrogen functional groups attached to an aromatic ring is 1. The van der Waals surface area contributed by atoms with Gasteiger partial charge in [-0.25, -0.2) is 4.98 Å². The first-order valence-corrected chi connectivity index (χ1v) is 8.78. The first kappa shape index (κ1) is 16.2. The van der Waals surface area contributed by atoms with Crippen LogP contribution in [0.25, 0.3) is 0 Å². The molecule has 0 bridgehead atoms. The van der Waals surface area contributed by atoms with Gasteiger partial charge in [0.15, 0.2) is 5.13 Å². The van der Waals surface area contributed by atoms with Gasteiger partial charge in [-0.2, -0.15) is 0 Å². The zero-order chi connectivity index (χ0) is 16.2. The summed E-state index contributed by atoms with van der Waals surface area (Å²) in [5.41, 5.74) is 6.37. The minimum atomic E-state index is 0.0746. The lowest BCUT2D eigenvalue weighted by molar-refractivity contribution is 0.0761. The van der Waals surface area contributed by atoms with Crippen molar-refractivity contribution in [2.45, 2.75) is 13.0 Å². The van der Waals surface area contributed by atoms with Crippen molar-refractivity contribution in [3.05, 3.63) is 45.9 Å². The van der Waals surface area contributed by atoms with Crippen LogP contribution in [0.1, 0.15) is 21.7 Å². The Balaban J connectivity index is 1.59. The minimum absolute atomic E-state index is 0.0746. The van der Waals surface area contributed by atoms with E-state index in [0.717, 1.165) is 39.1 Å². The lowest BCUT2D eigenvalue weighted by Gasteiger charge is -2.21. The van der Waals surface area contributed by atoms with Gasteiger partial charge in [0.1, 0.15) is 0 Å². The number of nitrogens with two attached hydrogens (primary N) is 1. The first-order valence-electron chi connectivity index (χ1n) is 7.59. The molecule has 1 aliphatic heterocycles. The summed E-state index contributed by atoms with van der Waals surface area (Å²) in [5.74, 6) is 0.0746. The molecule has 2 heterocycles. The lowest BCUT2D eigenvalue weighted by atomic mass is 10.2. The molecule has 0 spiro atoms. The highest BCUT2D eigenvalue weighted by atomic mass is 35.5. The molecule has 5 nitrogen and oxygen atoms in total. The van der Waals surface area contributed by atoms with Crippen molar-refractivity contribution in [2.75, 3.05) is 31.9 Å². The number of hydrogen-bond acceptors (Lipinski definition) is 5. The van der Waals surface area contributed by atoms with Crippen LogP contribution < -0.4 is 5.73 Å². The summed E-state index contributed by atoms with van der Waals surface area (Å²) in [6, 6.07) is 7.08. The van der Waals surface area contributed by atoms with E-state index < -0.39 is 0 Å². The SMILES string of the molecule is Nc1ncc(CN2CCCN(C(=O)c3ccc(Cl)cc3)CC2)s1. The zero-order valence-electron chi connectivity index (χ0n) is 12.7. The van der Waals surface area contributed by atoms with E-state index in [4.69, 9.17) is 17.3 Å². The van der Waals surface area contributed by atoms with E-state index in [1.54, 1.807) is 24.3 Å². The van der Waals surface area contributed by atoms with E-state index in [2.05, 4.69) is 9.88 Å². The maximum Gasteiger partial charge on any atom is 0.253 e. The second-order valence-electron chi connectivity index (χ2n) is 5.59. The number of thiazole rings is 1. The summed E-state index contributed by atoms with van der Waals surface area (Å²) in [5, 5.41) is 1.25. The highest BCUT2D eigenvalue weighted by Crippen LogP contribution is 2.18. The van der Waals surface area contributed by atoms with Crippen LogP contribution in [0.4, 0.5) is 5.13 Å². The Labute approximate surface area is 144 Å². The van der Waals surface area contributed by atoms with Gasteiger partial charge >= 0.3 is 0 Å². The Morgan fingerprint density at radius 3 is 2.70 bits per heavy atom. The third kappa shape index (κ3) is 4.22. The number of hydrogen-bond donors (Lipinski definition) is 1. The maximum atomic E-state index is 12.6. The molecule has 1 aliphatic rings. The monoisotopic (exact) mass is 350 g/mol. The average Bonchev–Trinajstić information content (AvgIpc) is 2.81. The lowest BCUT2D eigenvalue weighted by Crippen LogP contribution is -2.35. The van der Waals surface area contributed by atoms with Crippen molar-refractivity contribution in [2.24, 2.45) is 0 Å². The summed E-state index contributed by atoms with van der Waals surface area (Å²) in [6.07, 6.45) is 2.80. The average molecular weight is 351 g/mol. The molecule has 0 saturated carbocycles. The molecule has 1 saturated heterocycles. The molecule has 0 aliphatic carbocycles. The van der Waals surface area contributed by atoms with Crippen molar-refractivity contribution in [3.63, 3.8) is 0 Å². The first-order chi connectivity index (χ1) is 11.1. The van der Waals surface area contributed by atoms with E-state index >= 15 is 0 Å². The molecule has 1 amide bonds. The Hall–Kier alpha value is -1.63. The highest BCUT2D eigenvalue weighted by Gasteiger charge is 2.20. The summed E-state index contributed by atoms with van der Waals surface area (Å²) in [4.78, 5) is 22.1. The number of rotatable bonds is 3. The number of amides is 1. The Kier molecular flexibility index (Phi) is 5.15. The van der Waals surface area contributed by atoms with E-state index in [0.29, 0.717) is 15.7 Å². The molecule has 7 heteroatoms. The van der Waals surface area contributed by atoms with Gasteiger partial charge in [0.2, 0.25) is 0 Å². The van der Waals surface area contributed by atoms with Crippen LogP contribution in [0.2, 0.25) is 5.02 Å². The quantitative estimate of drug-likeness (QED) is 0.924. The van der Waals surface area contributed by atoms with Crippen LogP contribution in [-0.4, -0.2) is 46.9 Å². The Morgan fingerprint density at radius 2 is 2.00 bits per heavy atom. The summed E-state index contributed by atoms with van der Waals surface area (Å²) in [7, 11) is 0. The molecular weight excluding hydrogens is 332 g/mol. The number of halogens is 1. The number of anilines is 1. The molecule has 1 fully saturated rings. The Morgan fingerprint density at radius 1 is 1.22 bits per heavy atom. The van der Waals surface area contributed by atoms with Crippen molar-refractivity contribution in [1.29, 1.82) is 0 Å². The van der Waals surface area contributed by atoms with Crippen molar-refractivity contribution in [1.82, 2.24) is 14.8 Å². The third-order valence-corrected chi connectivity index (χ3v) is 4.98. The molecule has 2 aromatic rings. The normalized spacial score (nSPS) is 16.3. The van der Waals surface area contributed by atoms with Crippen molar-refractivity contribution >= 4 is 34.0 Å². The van der Waals surface area contributed by atoms with Gasteiger partial charge in [-0.05, 0) is 30.7 Å². The number of carbonyl (C=O) groups is 1. The van der Waals surface area contributed by atoms with Crippen LogP contribution >= 0.6 is 22.9 Å². The predicted molar refractivity (Wildman–Crippen MR) is 93.8 cm³/mol. The summed E-state index contributed by atoms with van der Waals surface area (Å²) in [6.45, 7) is 4.19. The number of benzene rings is 1. The summed E-state index contributed by atoms with van der Waals surface area (Å²) >= 11 is 7.41. The van der Waals surface area contributed by atoms with Gasteiger partial charge in [-0.15, -0.1) is 11.3 Å². The third-order valence-electron chi connectivity index (χ3n) is 3.92. The summed E-state index contributed by atoms with van der Waals surface area (Å²) < 4.78 is 0. The topological polar surface area (TPSA) is 62.5 Å². The molecule has 0 radical (unpaired) electrons. The number of carbonyl (C=O) groups excluding carboxylic acids is 1. The second kappa shape index (κ2) is 7.29. The van der Waals surface area contributed by atoms with Gasteiger partial charge in [-0.3, -0.25) is 9.69 Å². The molecule has 2 N–H and O–H groups in total. The van der Waals surface area contributed by atoms with Gasteiger partial charge in [0.25, 0.3) is 5.91 Å². The van der Waals surface area contributed by atoms with Crippen LogP contribution in [0, 0.1) is 0 Å². The van der Waals surface area contributed by atoms with E-state index in [9.17, 15) is 4.79 Å². The molecule has 1 aromatic heterocycles. The standard InChI is InChI=1S/C16H19ClN4OS/c17-13-4-2-12(3-5-13)15(22)21-7-1-6-20(8-9-21)11-14-10-19-16(18)23-14/h2-5,10H,1,6-9,11H2,(H2,18,19). The fourth-order valence-electron chi connectivity index (χ4n) is 2.72. The second-order valence-corrected chi connectivity index (χ2v) is 7.18. The molecule has 0 atom stereocenters. The van der Waals surface area contributed by atoms with Crippen LogP contribution in [-0.2, 0) is 6.54 Å². The van der Waals surface area contributed by atoms with Crippen LogP contribution in [0.3, 0.4) is 0 Å². The van der Waals surface area contributed by atoms with Gasteiger partial charge < -0.3 is 10.6 Å². The minimum Gasteiger partial charge on any atom is -0.375 e. The van der Waals surface area contributed by atoms with E-state index in [-0.39, 0.29) is 5.91 Å². The molecule has 1 aromatic carbocycles. The fraction of sp³-hybridized carbons (Fsp3) is 0.375. The Bertz CT molecular complexity index is 673. The van der Waals surface area contributed by atoms with Crippen molar-refractivity contribution in [3.8, 4) is 0 Å². The van der Waals surface area contributed by atoms with Crippen molar-refractivity contribution < 1.29 is 4.79 Å². The van der Waals surface area contributed by atoms with Crippen LogP contribution in [0.5, 0.6) is 0 Å². The van der Waals surface area contributed by atoms with Gasteiger partial charge in [0, 0.05) is 54.4 Å². The zero-order valence-corrected chi connectivity index (χ0v) is 14.3. The largest absolute Gasteiger partial charge is 0.375 e. The highest BCUT2D eigenvalue weighted by molar-refractivity contribution is 7.15. The van der Waals surface area contributed by atoms with E-state index in [1.165, 1.54) is 16.2 Å². The molecule has 3 rings (SSSR count). The molecular formula is C16H19ClN4OS. The molecule has 122 valence electrons. The molecule has 0 unspecified atom stereocenters. The van der Waals surface area contributed by atoms with Gasteiger partial charge in [0.05, 0.1) is 0 Å². The predicted octanol–water partition coefficient (Wildman–Crippen LogP) is 2.73. The smallest absolute Gasteiger partial charge is 0.253 e. The van der Waals surface area contributed by atoms with Gasteiger partial charge in [-0.1, -0.05) is 11.6 Å². The number of nitrogens with zero attached hydrogens (tertiary/aromatic N) is 3. The fourth-order valence-corrected chi connectivity index (χ4v) is 3.58. The molecule has 23 heavy (non-hydrogen) atoms. The number of aromatic nitrogens is 1. The maximum absolute atomic E-state index is 12.6.